The topological polar surface area (TPSA) is 149 Å². The van der Waals surface area contributed by atoms with Crippen LogP contribution in [0.2, 0.25) is 0 Å². The molecule has 4 rings (SSSR count). The van der Waals surface area contributed by atoms with E-state index in [4.69, 9.17) is 15.3 Å². The van der Waals surface area contributed by atoms with Gasteiger partial charge in [0, 0.05) is 44.8 Å². The quantitative estimate of drug-likeness (QED) is 0.163. The number of anilines is 3. The molecular weight excluding hydrogens is 528 g/mol. The van der Waals surface area contributed by atoms with Crippen LogP contribution in [0.5, 0.6) is 0 Å². The van der Waals surface area contributed by atoms with Crippen LogP contribution in [0.25, 0.3) is 0 Å². The Kier molecular flexibility index (Phi) is 12.5. The summed E-state index contributed by atoms with van der Waals surface area (Å²) in [5.74, 6) is 2.99. The highest BCUT2D eigenvalue weighted by atomic mass is 32.2. The molecule has 1 aromatic heterocycles. The van der Waals surface area contributed by atoms with Crippen LogP contribution in [0.4, 0.5) is 17.6 Å². The second-order valence-electron chi connectivity index (χ2n) is 12.1. The van der Waals surface area contributed by atoms with Crippen molar-refractivity contribution in [2.75, 3.05) is 80.6 Å². The lowest BCUT2D eigenvalue weighted by molar-refractivity contribution is 0.275. The summed E-state index contributed by atoms with van der Waals surface area (Å²) >= 11 is 0. The molecule has 0 amide bonds. The summed E-state index contributed by atoms with van der Waals surface area (Å²) in [5.41, 5.74) is 6.14. The van der Waals surface area contributed by atoms with E-state index >= 15 is 0 Å². The number of rotatable bonds is 14. The zero-order valence-corrected chi connectivity index (χ0v) is 25.0. The van der Waals surface area contributed by atoms with E-state index in [1.165, 1.54) is 64.2 Å². The van der Waals surface area contributed by atoms with Crippen LogP contribution in [0.15, 0.2) is 6.07 Å². The Hall–Kier alpha value is -1.73. The number of hydrogen-bond donors (Lipinski definition) is 5. The van der Waals surface area contributed by atoms with Crippen molar-refractivity contribution in [3.05, 3.63) is 6.07 Å². The summed E-state index contributed by atoms with van der Waals surface area (Å²) in [6.45, 7) is 7.59. The largest absolute Gasteiger partial charge is 0.383 e. The molecule has 0 aromatic carbocycles. The third-order valence-electron chi connectivity index (χ3n) is 8.83. The maximum Gasteiger partial charge on any atom is 0.266 e. The molecule has 2 saturated carbocycles. The average Bonchev–Trinajstić information content (AvgIpc) is 3.19. The van der Waals surface area contributed by atoms with Crippen molar-refractivity contribution in [3.63, 3.8) is 0 Å². The number of hydrogen-bond acceptors (Lipinski definition) is 10. The van der Waals surface area contributed by atoms with Gasteiger partial charge >= 0.3 is 0 Å². The molecule has 1 aromatic rings. The van der Waals surface area contributed by atoms with Crippen molar-refractivity contribution < 1.29 is 13.0 Å². The van der Waals surface area contributed by atoms with E-state index in [2.05, 4.69) is 30.7 Å². The van der Waals surface area contributed by atoms with Crippen LogP contribution >= 0.6 is 0 Å². The fourth-order valence-corrected chi connectivity index (χ4v) is 6.86. The summed E-state index contributed by atoms with van der Waals surface area (Å²) in [4.78, 5) is 13.4. The number of nitrogens with one attached hydrogen (secondary N) is 3. The second kappa shape index (κ2) is 16.1. The van der Waals surface area contributed by atoms with Crippen LogP contribution in [-0.2, 0) is 10.1 Å². The van der Waals surface area contributed by atoms with Crippen molar-refractivity contribution in [2.24, 2.45) is 11.8 Å². The summed E-state index contributed by atoms with van der Waals surface area (Å²) < 4.78 is 31.3. The first-order chi connectivity index (χ1) is 19.3. The molecule has 11 nitrogen and oxygen atoms in total. The summed E-state index contributed by atoms with van der Waals surface area (Å²) in [5, 5.41) is 10.9. The van der Waals surface area contributed by atoms with Gasteiger partial charge in [0.1, 0.15) is 11.6 Å². The van der Waals surface area contributed by atoms with Gasteiger partial charge in [-0.15, -0.1) is 0 Å². The SMILES string of the molecule is Nc1cc(N2CCCN(CCS(=O)(=O)O)CC2)nc(NC[C@H]2CC[C@H](CNCCCNC3CCCCC3)CC2)n1. The zero-order valence-electron chi connectivity index (χ0n) is 24.2. The van der Waals surface area contributed by atoms with E-state index in [-0.39, 0.29) is 5.75 Å². The molecule has 40 heavy (non-hydrogen) atoms. The van der Waals surface area contributed by atoms with Gasteiger partial charge in [0.25, 0.3) is 10.1 Å². The van der Waals surface area contributed by atoms with Gasteiger partial charge in [-0.05, 0) is 89.4 Å². The van der Waals surface area contributed by atoms with E-state index in [0.29, 0.717) is 30.8 Å². The van der Waals surface area contributed by atoms with Gasteiger partial charge in [-0.25, -0.2) is 0 Å². The number of nitrogen functional groups attached to an aromatic ring is 1. The first-order valence-electron chi connectivity index (χ1n) is 15.6. The molecule has 2 heterocycles. The maximum atomic E-state index is 11.1. The molecule has 1 saturated heterocycles. The lowest BCUT2D eigenvalue weighted by Crippen LogP contribution is -2.34. The Morgan fingerprint density at radius 3 is 2.40 bits per heavy atom. The number of aromatic nitrogens is 2. The van der Waals surface area contributed by atoms with Crippen LogP contribution in [0.1, 0.15) is 70.6 Å². The fourth-order valence-electron chi connectivity index (χ4n) is 6.37. The molecule has 228 valence electrons. The molecule has 3 aliphatic rings. The summed E-state index contributed by atoms with van der Waals surface area (Å²) in [6.07, 6.45) is 14.0. The normalized spacial score (nSPS) is 23.7. The standard InChI is InChI=1S/C28H52N8O3S/c29-26-20-27(36-15-5-14-35(16-17-36)18-19-40(37,38)39)34-28(33-26)32-22-24-10-8-23(9-11-24)21-30-12-4-13-31-25-6-2-1-3-7-25/h20,23-25,30-31H,1-19,21-22H2,(H,37,38,39)(H3,29,32,33,34)/t23-,24-. The van der Waals surface area contributed by atoms with Crippen molar-refractivity contribution in [1.29, 1.82) is 0 Å². The molecule has 0 bridgehead atoms. The van der Waals surface area contributed by atoms with Gasteiger partial charge in [-0.1, -0.05) is 19.3 Å². The van der Waals surface area contributed by atoms with Crippen LogP contribution in [-0.4, -0.2) is 98.5 Å². The number of nitrogens with zero attached hydrogens (tertiary/aromatic N) is 4. The molecule has 0 spiro atoms. The van der Waals surface area contributed by atoms with Gasteiger partial charge < -0.3 is 31.5 Å². The highest BCUT2D eigenvalue weighted by Crippen LogP contribution is 2.29. The van der Waals surface area contributed by atoms with Crippen LogP contribution in [0.3, 0.4) is 0 Å². The lowest BCUT2D eigenvalue weighted by Gasteiger charge is -2.29. The second-order valence-corrected chi connectivity index (χ2v) is 13.6. The van der Waals surface area contributed by atoms with Crippen LogP contribution < -0.4 is 26.6 Å². The molecule has 0 atom stereocenters. The zero-order chi connectivity index (χ0) is 28.2. The first kappa shape index (κ1) is 31.2. The highest BCUT2D eigenvalue weighted by Gasteiger charge is 2.22. The molecule has 0 radical (unpaired) electrons. The van der Waals surface area contributed by atoms with Crippen LogP contribution in [0, 0.1) is 11.8 Å². The van der Waals surface area contributed by atoms with Crippen molar-refractivity contribution in [3.8, 4) is 0 Å². The molecule has 12 heteroatoms. The van der Waals surface area contributed by atoms with Gasteiger partial charge in [-0.2, -0.15) is 18.4 Å². The van der Waals surface area contributed by atoms with Crippen molar-refractivity contribution in [2.45, 2.75) is 76.7 Å². The van der Waals surface area contributed by atoms with Crippen molar-refractivity contribution in [1.82, 2.24) is 25.5 Å². The Labute approximate surface area is 241 Å². The Bertz CT molecular complexity index is 984. The van der Waals surface area contributed by atoms with E-state index in [1.54, 1.807) is 0 Å². The summed E-state index contributed by atoms with van der Waals surface area (Å²) in [6, 6.07) is 2.57. The third kappa shape index (κ3) is 11.3. The Morgan fingerprint density at radius 1 is 0.900 bits per heavy atom. The smallest absolute Gasteiger partial charge is 0.266 e. The average molecular weight is 581 g/mol. The molecule has 6 N–H and O–H groups in total. The van der Waals surface area contributed by atoms with Gasteiger partial charge in [0.15, 0.2) is 0 Å². The van der Waals surface area contributed by atoms with Gasteiger partial charge in [0.05, 0.1) is 5.75 Å². The fraction of sp³-hybridized carbons (Fsp3) is 0.857. The maximum absolute atomic E-state index is 11.1. The Morgan fingerprint density at radius 2 is 1.65 bits per heavy atom. The van der Waals surface area contributed by atoms with E-state index < -0.39 is 10.1 Å². The van der Waals surface area contributed by atoms with E-state index in [9.17, 15) is 8.42 Å². The van der Waals surface area contributed by atoms with Crippen molar-refractivity contribution >= 4 is 27.7 Å². The predicted octanol–water partition coefficient (Wildman–Crippen LogP) is 2.58. The minimum Gasteiger partial charge on any atom is -0.383 e. The minimum atomic E-state index is -3.95. The first-order valence-corrected chi connectivity index (χ1v) is 17.2. The lowest BCUT2D eigenvalue weighted by atomic mass is 9.82. The highest BCUT2D eigenvalue weighted by molar-refractivity contribution is 7.85. The predicted molar refractivity (Wildman–Crippen MR) is 162 cm³/mol. The minimum absolute atomic E-state index is 0.238. The molecule has 0 unspecified atom stereocenters. The van der Waals surface area contributed by atoms with Gasteiger partial charge in [0.2, 0.25) is 5.95 Å². The Balaban J connectivity index is 1.11. The van der Waals surface area contributed by atoms with E-state index in [1.807, 2.05) is 6.07 Å². The third-order valence-corrected chi connectivity index (χ3v) is 9.53. The monoisotopic (exact) mass is 580 g/mol. The molecule has 1 aliphatic heterocycles. The summed E-state index contributed by atoms with van der Waals surface area (Å²) in [7, 11) is -3.95. The van der Waals surface area contributed by atoms with E-state index in [0.717, 1.165) is 70.0 Å². The van der Waals surface area contributed by atoms with Gasteiger partial charge in [-0.3, -0.25) is 4.55 Å². The molecular formula is C28H52N8O3S. The molecule has 2 aliphatic carbocycles. The number of nitrogens with two attached hydrogens (primary N) is 1. The molecule has 3 fully saturated rings.